The summed E-state index contributed by atoms with van der Waals surface area (Å²) in [6.07, 6.45) is 0. The molecule has 39 heavy (non-hydrogen) atoms. The predicted molar refractivity (Wildman–Crippen MR) is 155 cm³/mol. The van der Waals surface area contributed by atoms with Gasteiger partial charge in [0.1, 0.15) is 5.75 Å². The first kappa shape index (κ1) is 27.0. The van der Waals surface area contributed by atoms with Crippen molar-refractivity contribution in [2.24, 2.45) is 0 Å². The molecule has 1 aromatic heterocycles. The molecule has 0 N–H and O–H groups in total. The Morgan fingerprint density at radius 2 is 1.77 bits per heavy atom. The summed E-state index contributed by atoms with van der Waals surface area (Å²) in [5, 5.41) is 9.54. The highest BCUT2D eigenvalue weighted by Crippen LogP contribution is 2.30. The van der Waals surface area contributed by atoms with Gasteiger partial charge in [0.05, 0.1) is 12.9 Å². The van der Waals surface area contributed by atoms with E-state index in [2.05, 4.69) is 26.1 Å². The standard InChI is InChI=1S/C29H28BrN5O3S/c1-20-18-33(15-16-34(20)28(37)21-11-13-23(30)14-12-21)26(36)19-39-29-32-31-27(22-7-6-10-25(17-22)38-2)35(29)24-8-4-3-5-9-24/h3-14,17,20H,15-16,18-19H2,1-2H3. The molecular weight excluding hydrogens is 578 g/mol. The number of aromatic nitrogens is 3. The van der Waals surface area contributed by atoms with Crippen LogP contribution in [0.4, 0.5) is 0 Å². The van der Waals surface area contributed by atoms with E-state index in [0.29, 0.717) is 36.2 Å². The lowest BCUT2D eigenvalue weighted by molar-refractivity contribution is -0.130. The smallest absolute Gasteiger partial charge is 0.254 e. The third kappa shape index (κ3) is 6.02. The molecule has 1 unspecified atom stereocenters. The van der Waals surface area contributed by atoms with E-state index in [-0.39, 0.29) is 23.6 Å². The number of carbonyl (C=O) groups is 2. The first-order valence-corrected chi connectivity index (χ1v) is 14.3. The van der Waals surface area contributed by atoms with Crippen molar-refractivity contribution in [2.45, 2.75) is 18.1 Å². The van der Waals surface area contributed by atoms with Crippen LogP contribution in [0, 0.1) is 0 Å². The van der Waals surface area contributed by atoms with E-state index in [9.17, 15) is 9.59 Å². The third-order valence-electron chi connectivity index (χ3n) is 6.63. The highest BCUT2D eigenvalue weighted by molar-refractivity contribution is 9.10. The highest BCUT2D eigenvalue weighted by atomic mass is 79.9. The van der Waals surface area contributed by atoms with Crippen LogP contribution in [0.5, 0.6) is 5.75 Å². The Bertz CT molecular complexity index is 1460. The van der Waals surface area contributed by atoms with Gasteiger partial charge in [-0.3, -0.25) is 14.2 Å². The number of para-hydroxylation sites is 1. The Labute approximate surface area is 240 Å². The molecule has 0 saturated carbocycles. The van der Waals surface area contributed by atoms with Crippen molar-refractivity contribution >= 4 is 39.5 Å². The topological polar surface area (TPSA) is 80.6 Å². The van der Waals surface area contributed by atoms with Crippen LogP contribution in [0.15, 0.2) is 88.5 Å². The monoisotopic (exact) mass is 605 g/mol. The molecule has 0 spiro atoms. The molecule has 1 atom stereocenters. The minimum Gasteiger partial charge on any atom is -0.497 e. The number of halogens is 1. The average molecular weight is 607 g/mol. The van der Waals surface area contributed by atoms with Crippen molar-refractivity contribution in [1.29, 1.82) is 0 Å². The first-order valence-electron chi connectivity index (χ1n) is 12.6. The van der Waals surface area contributed by atoms with Gasteiger partial charge in [-0.05, 0) is 55.5 Å². The molecule has 0 aliphatic carbocycles. The summed E-state index contributed by atoms with van der Waals surface area (Å²) in [4.78, 5) is 29.9. The zero-order valence-corrected chi connectivity index (χ0v) is 24.1. The van der Waals surface area contributed by atoms with Crippen molar-refractivity contribution in [1.82, 2.24) is 24.6 Å². The molecule has 1 aliphatic heterocycles. The second-order valence-electron chi connectivity index (χ2n) is 9.19. The number of thioether (sulfide) groups is 1. The molecular formula is C29H28BrN5O3S. The Kier molecular flexibility index (Phi) is 8.33. The summed E-state index contributed by atoms with van der Waals surface area (Å²) in [5.41, 5.74) is 2.42. The van der Waals surface area contributed by atoms with E-state index >= 15 is 0 Å². The molecule has 2 amide bonds. The fourth-order valence-corrected chi connectivity index (χ4v) is 5.70. The molecule has 1 aliphatic rings. The summed E-state index contributed by atoms with van der Waals surface area (Å²) in [6.45, 7) is 3.46. The maximum atomic E-state index is 13.2. The number of ether oxygens (including phenoxy) is 1. The van der Waals surface area contributed by atoms with Crippen molar-refractivity contribution in [3.8, 4) is 22.8 Å². The summed E-state index contributed by atoms with van der Waals surface area (Å²) in [6, 6.07) is 24.8. The van der Waals surface area contributed by atoms with Gasteiger partial charge in [-0.25, -0.2) is 0 Å². The van der Waals surface area contributed by atoms with Crippen LogP contribution >= 0.6 is 27.7 Å². The molecule has 2 heterocycles. The zero-order chi connectivity index (χ0) is 27.4. The predicted octanol–water partition coefficient (Wildman–Crippen LogP) is 5.17. The van der Waals surface area contributed by atoms with Crippen LogP contribution in [0.1, 0.15) is 17.3 Å². The maximum Gasteiger partial charge on any atom is 0.254 e. The normalized spacial score (nSPS) is 15.3. The summed E-state index contributed by atoms with van der Waals surface area (Å²) < 4.78 is 8.29. The number of hydrogen-bond acceptors (Lipinski definition) is 6. The summed E-state index contributed by atoms with van der Waals surface area (Å²) in [5.74, 6) is 1.61. The van der Waals surface area contributed by atoms with Gasteiger partial charge in [-0.2, -0.15) is 0 Å². The molecule has 1 saturated heterocycles. The number of hydrogen-bond donors (Lipinski definition) is 0. The van der Waals surface area contributed by atoms with Crippen LogP contribution in [0.2, 0.25) is 0 Å². The van der Waals surface area contributed by atoms with Crippen molar-refractivity contribution in [3.05, 3.63) is 88.9 Å². The molecule has 4 aromatic rings. The second kappa shape index (κ2) is 12.0. The van der Waals surface area contributed by atoms with Gasteiger partial charge in [0.15, 0.2) is 11.0 Å². The largest absolute Gasteiger partial charge is 0.497 e. The quantitative estimate of drug-likeness (QED) is 0.270. The summed E-state index contributed by atoms with van der Waals surface area (Å²) in [7, 11) is 1.63. The lowest BCUT2D eigenvalue weighted by Gasteiger charge is -2.40. The molecule has 1 fully saturated rings. The molecule has 0 radical (unpaired) electrons. The Morgan fingerprint density at radius 1 is 1.00 bits per heavy atom. The van der Waals surface area contributed by atoms with Crippen molar-refractivity contribution < 1.29 is 14.3 Å². The Hall–Kier alpha value is -3.63. The van der Waals surface area contributed by atoms with Gasteiger partial charge in [0.25, 0.3) is 5.91 Å². The SMILES string of the molecule is COc1cccc(-c2nnc(SCC(=O)N3CCN(C(=O)c4ccc(Br)cc4)C(C)C3)n2-c2ccccc2)c1. The minimum absolute atomic E-state index is 0.00753. The van der Waals surface area contributed by atoms with E-state index < -0.39 is 0 Å². The van der Waals surface area contributed by atoms with Gasteiger partial charge in [0.2, 0.25) is 5.91 Å². The van der Waals surface area contributed by atoms with Crippen molar-refractivity contribution in [3.63, 3.8) is 0 Å². The minimum atomic E-state index is -0.0866. The van der Waals surface area contributed by atoms with Gasteiger partial charge in [-0.15, -0.1) is 10.2 Å². The number of nitrogens with zero attached hydrogens (tertiary/aromatic N) is 5. The Morgan fingerprint density at radius 3 is 2.49 bits per heavy atom. The molecule has 8 nitrogen and oxygen atoms in total. The van der Waals surface area contributed by atoms with Gasteiger partial charge < -0.3 is 14.5 Å². The van der Waals surface area contributed by atoms with E-state index in [0.717, 1.165) is 21.5 Å². The molecule has 10 heteroatoms. The lowest BCUT2D eigenvalue weighted by Crippen LogP contribution is -2.55. The third-order valence-corrected chi connectivity index (χ3v) is 8.08. The fourth-order valence-electron chi connectivity index (χ4n) is 4.58. The molecule has 200 valence electrons. The number of rotatable bonds is 7. The number of amides is 2. The van der Waals surface area contributed by atoms with E-state index in [1.807, 2.05) is 100 Å². The Balaban J connectivity index is 1.28. The van der Waals surface area contributed by atoms with Crippen LogP contribution in [0.25, 0.3) is 17.1 Å². The number of piperazine rings is 1. The number of carbonyl (C=O) groups excluding carboxylic acids is 2. The van der Waals surface area contributed by atoms with Crippen molar-refractivity contribution in [2.75, 3.05) is 32.5 Å². The van der Waals surface area contributed by atoms with Gasteiger partial charge >= 0.3 is 0 Å². The first-order chi connectivity index (χ1) is 18.9. The zero-order valence-electron chi connectivity index (χ0n) is 21.7. The number of methoxy groups -OCH3 is 1. The maximum absolute atomic E-state index is 13.2. The van der Waals surface area contributed by atoms with Crippen LogP contribution in [0.3, 0.4) is 0 Å². The number of benzene rings is 3. The second-order valence-corrected chi connectivity index (χ2v) is 11.1. The molecule has 5 rings (SSSR count). The summed E-state index contributed by atoms with van der Waals surface area (Å²) >= 11 is 4.77. The average Bonchev–Trinajstić information content (AvgIpc) is 3.40. The van der Waals surface area contributed by atoms with Crippen LogP contribution in [-0.2, 0) is 4.79 Å². The van der Waals surface area contributed by atoms with E-state index in [1.54, 1.807) is 7.11 Å². The van der Waals surface area contributed by atoms with E-state index in [1.165, 1.54) is 11.8 Å². The molecule has 3 aromatic carbocycles. The van der Waals surface area contributed by atoms with Gasteiger partial charge in [-0.1, -0.05) is 58.0 Å². The fraction of sp³-hybridized carbons (Fsp3) is 0.241. The van der Waals surface area contributed by atoms with Crippen LogP contribution < -0.4 is 4.74 Å². The highest BCUT2D eigenvalue weighted by Gasteiger charge is 2.30. The van der Waals surface area contributed by atoms with Gasteiger partial charge in [0, 0.05) is 47.0 Å². The van der Waals surface area contributed by atoms with Crippen LogP contribution in [-0.4, -0.2) is 74.9 Å². The lowest BCUT2D eigenvalue weighted by atomic mass is 10.1. The molecule has 0 bridgehead atoms. The van der Waals surface area contributed by atoms with E-state index in [4.69, 9.17) is 4.74 Å².